The van der Waals surface area contributed by atoms with Gasteiger partial charge in [-0.15, -0.1) is 10.2 Å². The molecule has 0 saturated carbocycles. The predicted molar refractivity (Wildman–Crippen MR) is 74.4 cm³/mol. The standard InChI is InChI=1S/C11H11ClN4O2S/c1-2-13-6-10-14-15-11(19-10)7-3-8(12)5-9(4-7)16(17)18/h3-5,13H,2,6H2,1H3. The maximum atomic E-state index is 10.8. The quantitative estimate of drug-likeness (QED) is 0.678. The fourth-order valence-corrected chi connectivity index (χ4v) is 2.50. The number of hydrogen-bond acceptors (Lipinski definition) is 6. The lowest BCUT2D eigenvalue weighted by molar-refractivity contribution is -0.384. The van der Waals surface area contributed by atoms with Crippen LogP contribution in [-0.2, 0) is 6.54 Å². The van der Waals surface area contributed by atoms with Crippen molar-refractivity contribution < 1.29 is 4.92 Å². The molecular weight excluding hydrogens is 288 g/mol. The van der Waals surface area contributed by atoms with E-state index < -0.39 is 4.92 Å². The first-order chi connectivity index (χ1) is 9.10. The molecule has 1 heterocycles. The summed E-state index contributed by atoms with van der Waals surface area (Å²) in [5, 5.41) is 23.8. The first-order valence-corrected chi connectivity index (χ1v) is 6.78. The third-order valence-corrected chi connectivity index (χ3v) is 3.52. The number of rotatable bonds is 5. The highest BCUT2D eigenvalue weighted by molar-refractivity contribution is 7.14. The number of nitro groups is 1. The fraction of sp³-hybridized carbons (Fsp3) is 0.273. The number of non-ortho nitro benzene ring substituents is 1. The molecule has 0 aliphatic carbocycles. The summed E-state index contributed by atoms with van der Waals surface area (Å²) in [5.74, 6) is 0. The summed E-state index contributed by atoms with van der Waals surface area (Å²) in [6.45, 7) is 3.48. The molecule has 2 rings (SSSR count). The molecule has 0 atom stereocenters. The van der Waals surface area contributed by atoms with Crippen LogP contribution < -0.4 is 5.32 Å². The molecular formula is C11H11ClN4O2S. The maximum Gasteiger partial charge on any atom is 0.271 e. The Balaban J connectivity index is 2.30. The molecule has 2 aromatic rings. The zero-order valence-electron chi connectivity index (χ0n) is 10.1. The molecule has 8 heteroatoms. The van der Waals surface area contributed by atoms with Crippen molar-refractivity contribution in [1.82, 2.24) is 15.5 Å². The zero-order valence-corrected chi connectivity index (χ0v) is 11.7. The lowest BCUT2D eigenvalue weighted by Gasteiger charge is -1.98. The molecule has 100 valence electrons. The highest BCUT2D eigenvalue weighted by atomic mass is 35.5. The van der Waals surface area contributed by atoms with E-state index in [0.717, 1.165) is 11.6 Å². The molecule has 0 amide bonds. The molecule has 0 radical (unpaired) electrons. The molecule has 19 heavy (non-hydrogen) atoms. The summed E-state index contributed by atoms with van der Waals surface area (Å²) in [5.41, 5.74) is 0.561. The van der Waals surface area contributed by atoms with Gasteiger partial charge >= 0.3 is 0 Å². The van der Waals surface area contributed by atoms with Crippen molar-refractivity contribution in [3.05, 3.63) is 38.3 Å². The van der Waals surface area contributed by atoms with Crippen molar-refractivity contribution >= 4 is 28.6 Å². The molecule has 0 fully saturated rings. The van der Waals surface area contributed by atoms with Gasteiger partial charge in [-0.1, -0.05) is 29.9 Å². The summed E-state index contributed by atoms with van der Waals surface area (Å²) in [7, 11) is 0. The Morgan fingerprint density at radius 2 is 2.21 bits per heavy atom. The number of hydrogen-bond donors (Lipinski definition) is 1. The van der Waals surface area contributed by atoms with Crippen LogP contribution >= 0.6 is 22.9 Å². The van der Waals surface area contributed by atoms with Gasteiger partial charge in [0.15, 0.2) is 0 Å². The molecule has 1 aromatic carbocycles. The second-order valence-electron chi connectivity index (χ2n) is 3.74. The summed E-state index contributed by atoms with van der Waals surface area (Å²) >= 11 is 7.26. The Morgan fingerprint density at radius 3 is 2.89 bits per heavy atom. The average molecular weight is 299 g/mol. The Bertz CT molecular complexity index is 602. The number of benzene rings is 1. The Hall–Kier alpha value is -1.57. The molecule has 6 nitrogen and oxygen atoms in total. The Kier molecular flexibility index (Phi) is 4.41. The molecule has 1 N–H and O–H groups in total. The van der Waals surface area contributed by atoms with Gasteiger partial charge in [0.1, 0.15) is 10.0 Å². The molecule has 0 aliphatic heterocycles. The van der Waals surface area contributed by atoms with E-state index in [-0.39, 0.29) is 5.69 Å². The van der Waals surface area contributed by atoms with E-state index in [0.29, 0.717) is 22.1 Å². The first-order valence-electron chi connectivity index (χ1n) is 5.58. The smallest absolute Gasteiger partial charge is 0.271 e. The minimum atomic E-state index is -0.476. The lowest BCUT2D eigenvalue weighted by atomic mass is 10.2. The van der Waals surface area contributed by atoms with Crippen molar-refractivity contribution in [1.29, 1.82) is 0 Å². The summed E-state index contributed by atoms with van der Waals surface area (Å²) in [6, 6.07) is 4.40. The zero-order chi connectivity index (χ0) is 13.8. The van der Waals surface area contributed by atoms with Gasteiger partial charge in [0.2, 0.25) is 0 Å². The van der Waals surface area contributed by atoms with Crippen LogP contribution in [0.5, 0.6) is 0 Å². The number of aromatic nitrogens is 2. The predicted octanol–water partition coefficient (Wildman–Crippen LogP) is 2.88. The van der Waals surface area contributed by atoms with Gasteiger partial charge < -0.3 is 5.32 Å². The van der Waals surface area contributed by atoms with E-state index in [1.807, 2.05) is 6.92 Å². The van der Waals surface area contributed by atoms with Gasteiger partial charge in [0.05, 0.1) is 4.92 Å². The van der Waals surface area contributed by atoms with Gasteiger partial charge in [-0.25, -0.2) is 0 Å². The van der Waals surface area contributed by atoms with Crippen molar-refractivity contribution in [2.45, 2.75) is 13.5 Å². The highest BCUT2D eigenvalue weighted by Crippen LogP contribution is 2.30. The molecule has 1 aromatic heterocycles. The van der Waals surface area contributed by atoms with Crippen LogP contribution in [0.2, 0.25) is 5.02 Å². The number of nitro benzene ring substituents is 1. The van der Waals surface area contributed by atoms with E-state index in [4.69, 9.17) is 11.6 Å². The monoisotopic (exact) mass is 298 g/mol. The lowest BCUT2D eigenvalue weighted by Crippen LogP contribution is -2.11. The van der Waals surface area contributed by atoms with Gasteiger partial charge in [-0.2, -0.15) is 0 Å². The van der Waals surface area contributed by atoms with Crippen LogP contribution in [0.3, 0.4) is 0 Å². The molecule has 0 bridgehead atoms. The van der Waals surface area contributed by atoms with Crippen molar-refractivity contribution in [2.24, 2.45) is 0 Å². The van der Waals surface area contributed by atoms with Crippen LogP contribution in [0.15, 0.2) is 18.2 Å². The second-order valence-corrected chi connectivity index (χ2v) is 5.24. The number of nitrogens with one attached hydrogen (secondary N) is 1. The van der Waals surface area contributed by atoms with Crippen LogP contribution in [0, 0.1) is 10.1 Å². The fourth-order valence-electron chi connectivity index (χ4n) is 1.48. The van der Waals surface area contributed by atoms with E-state index in [2.05, 4.69) is 15.5 Å². The maximum absolute atomic E-state index is 10.8. The van der Waals surface area contributed by atoms with E-state index in [1.165, 1.54) is 23.5 Å². The number of nitrogens with zero attached hydrogens (tertiary/aromatic N) is 3. The van der Waals surface area contributed by atoms with Gasteiger partial charge in [-0.05, 0) is 12.6 Å². The molecule has 0 aliphatic rings. The van der Waals surface area contributed by atoms with E-state index >= 15 is 0 Å². The van der Waals surface area contributed by atoms with E-state index in [9.17, 15) is 10.1 Å². The number of halogens is 1. The van der Waals surface area contributed by atoms with Gasteiger partial charge in [0, 0.05) is 29.3 Å². The van der Waals surface area contributed by atoms with Crippen LogP contribution in [0.25, 0.3) is 10.6 Å². The molecule has 0 saturated heterocycles. The SMILES string of the molecule is CCNCc1nnc(-c2cc(Cl)cc([N+](=O)[O-])c2)s1. The third-order valence-electron chi connectivity index (χ3n) is 2.33. The summed E-state index contributed by atoms with van der Waals surface area (Å²) in [4.78, 5) is 10.3. The third kappa shape index (κ3) is 3.46. The van der Waals surface area contributed by atoms with E-state index in [1.54, 1.807) is 6.07 Å². The minimum Gasteiger partial charge on any atom is -0.311 e. The summed E-state index contributed by atoms with van der Waals surface area (Å²) in [6.07, 6.45) is 0. The van der Waals surface area contributed by atoms with Crippen molar-refractivity contribution in [3.8, 4) is 10.6 Å². The summed E-state index contributed by atoms with van der Waals surface area (Å²) < 4.78 is 0. The second kappa shape index (κ2) is 6.05. The normalized spacial score (nSPS) is 10.6. The van der Waals surface area contributed by atoms with Crippen LogP contribution in [-0.4, -0.2) is 21.7 Å². The topological polar surface area (TPSA) is 81.0 Å². The van der Waals surface area contributed by atoms with Gasteiger partial charge in [-0.3, -0.25) is 10.1 Å². The minimum absolute atomic E-state index is 0.0501. The Morgan fingerprint density at radius 1 is 1.42 bits per heavy atom. The first kappa shape index (κ1) is 13.9. The van der Waals surface area contributed by atoms with Crippen LogP contribution in [0.4, 0.5) is 5.69 Å². The molecule has 0 unspecified atom stereocenters. The largest absolute Gasteiger partial charge is 0.311 e. The average Bonchev–Trinajstić information content (AvgIpc) is 2.84. The van der Waals surface area contributed by atoms with Gasteiger partial charge in [0.25, 0.3) is 5.69 Å². The van der Waals surface area contributed by atoms with Crippen molar-refractivity contribution in [2.75, 3.05) is 6.54 Å². The highest BCUT2D eigenvalue weighted by Gasteiger charge is 2.13. The Labute approximate surface area is 118 Å². The van der Waals surface area contributed by atoms with Crippen LogP contribution in [0.1, 0.15) is 11.9 Å². The molecule has 0 spiro atoms. The van der Waals surface area contributed by atoms with Crippen molar-refractivity contribution in [3.63, 3.8) is 0 Å².